The summed E-state index contributed by atoms with van der Waals surface area (Å²) in [6.45, 7) is 2.29. The minimum absolute atomic E-state index is 0.0533. The van der Waals surface area contributed by atoms with E-state index in [0.717, 1.165) is 16.7 Å². The van der Waals surface area contributed by atoms with Crippen molar-refractivity contribution in [3.8, 4) is 23.5 Å². The molecule has 26 heavy (non-hydrogen) atoms. The fraction of sp³-hybridized carbons (Fsp3) is 0.100. The molecule has 0 atom stereocenters. The van der Waals surface area contributed by atoms with E-state index in [0.29, 0.717) is 12.4 Å². The van der Waals surface area contributed by atoms with Crippen LogP contribution in [0.4, 0.5) is 0 Å². The first-order valence-electron chi connectivity index (χ1n) is 7.91. The van der Waals surface area contributed by atoms with E-state index >= 15 is 0 Å². The second-order valence-electron chi connectivity index (χ2n) is 5.57. The van der Waals surface area contributed by atoms with Crippen LogP contribution in [0, 0.1) is 29.6 Å². The van der Waals surface area contributed by atoms with Gasteiger partial charge < -0.3 is 4.84 Å². The van der Waals surface area contributed by atoms with Crippen molar-refractivity contribution in [3.05, 3.63) is 77.1 Å². The molecule has 0 N–H and O–H groups in total. The molecule has 0 bridgehead atoms. The highest BCUT2D eigenvalue weighted by Crippen LogP contribution is 2.21. The number of nitrogens with zero attached hydrogens (tertiary/aromatic N) is 5. The predicted octanol–water partition coefficient (Wildman–Crippen LogP) is 3.61. The Labute approximate surface area is 151 Å². The van der Waals surface area contributed by atoms with Gasteiger partial charge in [-0.3, -0.25) is 4.57 Å². The van der Waals surface area contributed by atoms with Gasteiger partial charge in [0.1, 0.15) is 30.9 Å². The lowest BCUT2D eigenvalue weighted by atomic mass is 10.1. The molecule has 0 amide bonds. The topological polar surface area (TPSA) is 87.0 Å². The SMILES string of the molecule is Cc1ccc(-c2nc(C#N)c(C#N)n2/C=N/OCc2ccccc2)cc1. The Kier molecular flexibility index (Phi) is 5.07. The number of imidazole rings is 1. The van der Waals surface area contributed by atoms with Crippen LogP contribution in [0.15, 0.2) is 59.8 Å². The zero-order valence-electron chi connectivity index (χ0n) is 14.1. The highest BCUT2D eigenvalue weighted by atomic mass is 16.6. The Bertz CT molecular complexity index is 1010. The van der Waals surface area contributed by atoms with E-state index in [1.54, 1.807) is 0 Å². The van der Waals surface area contributed by atoms with Crippen molar-refractivity contribution in [2.45, 2.75) is 13.5 Å². The summed E-state index contributed by atoms with van der Waals surface area (Å²) in [6, 6.07) is 21.2. The average molecular weight is 341 g/mol. The van der Waals surface area contributed by atoms with Crippen molar-refractivity contribution < 1.29 is 4.84 Å². The van der Waals surface area contributed by atoms with Gasteiger partial charge in [-0.2, -0.15) is 10.5 Å². The molecule has 2 aromatic carbocycles. The molecule has 3 aromatic rings. The van der Waals surface area contributed by atoms with Crippen LogP contribution < -0.4 is 0 Å². The van der Waals surface area contributed by atoms with Gasteiger partial charge >= 0.3 is 0 Å². The second-order valence-corrected chi connectivity index (χ2v) is 5.57. The number of hydrogen-bond donors (Lipinski definition) is 0. The fourth-order valence-electron chi connectivity index (χ4n) is 2.40. The molecule has 3 rings (SSSR count). The van der Waals surface area contributed by atoms with Crippen LogP contribution in [-0.4, -0.2) is 15.9 Å². The molecule has 1 aromatic heterocycles. The Morgan fingerprint density at radius 1 is 1.08 bits per heavy atom. The van der Waals surface area contributed by atoms with Gasteiger partial charge in [-0.1, -0.05) is 65.3 Å². The largest absolute Gasteiger partial charge is 0.390 e. The molecule has 6 nitrogen and oxygen atoms in total. The minimum Gasteiger partial charge on any atom is -0.390 e. The van der Waals surface area contributed by atoms with Gasteiger partial charge in [-0.25, -0.2) is 4.98 Å². The highest BCUT2D eigenvalue weighted by molar-refractivity contribution is 5.73. The number of benzene rings is 2. The Morgan fingerprint density at radius 2 is 1.81 bits per heavy atom. The molecule has 0 radical (unpaired) electrons. The van der Waals surface area contributed by atoms with E-state index in [9.17, 15) is 10.5 Å². The van der Waals surface area contributed by atoms with Gasteiger partial charge in [-0.05, 0) is 12.5 Å². The molecular formula is C20H15N5O. The van der Waals surface area contributed by atoms with Crippen LogP contribution in [0.1, 0.15) is 22.5 Å². The lowest BCUT2D eigenvalue weighted by Gasteiger charge is -2.04. The lowest BCUT2D eigenvalue weighted by molar-refractivity contribution is 0.131. The third-order valence-electron chi connectivity index (χ3n) is 3.74. The smallest absolute Gasteiger partial charge is 0.177 e. The zero-order valence-corrected chi connectivity index (χ0v) is 14.1. The average Bonchev–Trinajstić information content (AvgIpc) is 3.04. The van der Waals surface area contributed by atoms with Crippen molar-refractivity contribution in [2.75, 3.05) is 0 Å². The quantitative estimate of drug-likeness (QED) is 0.403. The number of hydrogen-bond acceptors (Lipinski definition) is 5. The van der Waals surface area contributed by atoms with Gasteiger partial charge in [0.2, 0.25) is 0 Å². The predicted molar refractivity (Wildman–Crippen MR) is 97.0 cm³/mol. The summed E-state index contributed by atoms with van der Waals surface area (Å²) in [7, 11) is 0. The summed E-state index contributed by atoms with van der Waals surface area (Å²) in [5.41, 5.74) is 3.04. The van der Waals surface area contributed by atoms with Crippen molar-refractivity contribution in [1.29, 1.82) is 10.5 Å². The first-order chi connectivity index (χ1) is 12.7. The molecule has 1 heterocycles. The summed E-state index contributed by atoms with van der Waals surface area (Å²) >= 11 is 0. The van der Waals surface area contributed by atoms with Crippen LogP contribution in [0.25, 0.3) is 11.4 Å². The van der Waals surface area contributed by atoms with E-state index in [1.165, 1.54) is 10.9 Å². The van der Waals surface area contributed by atoms with Gasteiger partial charge in [0.05, 0.1) is 0 Å². The Balaban J connectivity index is 1.90. The van der Waals surface area contributed by atoms with Crippen molar-refractivity contribution in [1.82, 2.24) is 9.55 Å². The van der Waals surface area contributed by atoms with E-state index in [4.69, 9.17) is 4.84 Å². The molecule has 0 fully saturated rings. The maximum Gasteiger partial charge on any atom is 0.177 e. The maximum atomic E-state index is 9.40. The molecule has 0 saturated carbocycles. The van der Waals surface area contributed by atoms with E-state index in [-0.39, 0.29) is 11.4 Å². The second kappa shape index (κ2) is 7.78. The Morgan fingerprint density at radius 3 is 2.46 bits per heavy atom. The van der Waals surface area contributed by atoms with Gasteiger partial charge in [0.15, 0.2) is 11.4 Å². The van der Waals surface area contributed by atoms with Crippen LogP contribution in [0.3, 0.4) is 0 Å². The van der Waals surface area contributed by atoms with Crippen LogP contribution in [0.2, 0.25) is 0 Å². The summed E-state index contributed by atoms with van der Waals surface area (Å²) in [5.74, 6) is 0.463. The number of aromatic nitrogens is 2. The van der Waals surface area contributed by atoms with Crippen molar-refractivity contribution >= 4 is 6.34 Å². The van der Waals surface area contributed by atoms with E-state index < -0.39 is 0 Å². The van der Waals surface area contributed by atoms with Crippen LogP contribution in [-0.2, 0) is 11.4 Å². The van der Waals surface area contributed by atoms with Crippen LogP contribution >= 0.6 is 0 Å². The number of aryl methyl sites for hydroxylation is 1. The molecule has 0 aliphatic carbocycles. The molecule has 0 aliphatic rings. The minimum atomic E-state index is 0.0533. The molecule has 0 saturated heterocycles. The summed E-state index contributed by atoms with van der Waals surface area (Å²) in [4.78, 5) is 9.57. The van der Waals surface area contributed by atoms with Gasteiger partial charge in [-0.15, -0.1) is 0 Å². The van der Waals surface area contributed by atoms with E-state index in [2.05, 4.69) is 10.1 Å². The summed E-state index contributed by atoms with van der Waals surface area (Å²) < 4.78 is 1.47. The third kappa shape index (κ3) is 3.61. The standard InChI is InChI=1S/C20H15N5O/c1-15-7-9-17(10-8-15)20-24-18(11-21)19(12-22)25(20)14-23-26-13-16-5-3-2-4-6-16/h2-10,14H,13H2,1H3/b23-14+. The molecule has 0 aliphatic heterocycles. The highest BCUT2D eigenvalue weighted by Gasteiger charge is 2.17. The number of rotatable bonds is 5. The normalized spacial score (nSPS) is 10.4. The molecule has 6 heteroatoms. The lowest BCUT2D eigenvalue weighted by Crippen LogP contribution is -2.03. The van der Waals surface area contributed by atoms with Crippen molar-refractivity contribution in [2.24, 2.45) is 5.16 Å². The number of oxime groups is 1. The van der Waals surface area contributed by atoms with E-state index in [1.807, 2.05) is 73.7 Å². The fourth-order valence-corrected chi connectivity index (χ4v) is 2.40. The molecular weight excluding hydrogens is 326 g/mol. The van der Waals surface area contributed by atoms with Gasteiger partial charge in [0.25, 0.3) is 0 Å². The first-order valence-corrected chi connectivity index (χ1v) is 7.91. The summed E-state index contributed by atoms with van der Waals surface area (Å²) in [5, 5.41) is 22.6. The monoisotopic (exact) mass is 341 g/mol. The number of nitriles is 2. The summed E-state index contributed by atoms with van der Waals surface area (Å²) in [6.07, 6.45) is 1.37. The molecule has 126 valence electrons. The molecule has 0 spiro atoms. The maximum absolute atomic E-state index is 9.40. The third-order valence-corrected chi connectivity index (χ3v) is 3.74. The van der Waals surface area contributed by atoms with Crippen LogP contribution in [0.5, 0.6) is 0 Å². The first kappa shape index (κ1) is 16.9. The zero-order chi connectivity index (χ0) is 18.4. The van der Waals surface area contributed by atoms with Gasteiger partial charge in [0, 0.05) is 5.56 Å². The Hall–Kier alpha value is -3.90. The molecule has 0 unspecified atom stereocenters. The van der Waals surface area contributed by atoms with Crippen molar-refractivity contribution in [3.63, 3.8) is 0 Å².